The van der Waals surface area contributed by atoms with Crippen LogP contribution in [0.5, 0.6) is 5.75 Å². The number of rotatable bonds is 3. The molecular formula is C9H10Cl2OS. The summed E-state index contributed by atoms with van der Waals surface area (Å²) >= 11 is 13.5. The summed E-state index contributed by atoms with van der Waals surface area (Å²) in [6.07, 6.45) is 1.97. The van der Waals surface area contributed by atoms with Crippen molar-refractivity contribution in [3.63, 3.8) is 0 Å². The summed E-state index contributed by atoms with van der Waals surface area (Å²) in [7, 11) is 0. The van der Waals surface area contributed by atoms with E-state index in [0.717, 1.165) is 4.90 Å². The first kappa shape index (κ1) is 11.0. The normalized spacial score (nSPS) is 10.2. The molecule has 0 aromatic heterocycles. The molecule has 0 fully saturated rings. The van der Waals surface area contributed by atoms with Crippen molar-refractivity contribution >= 4 is 35.0 Å². The highest BCUT2D eigenvalue weighted by molar-refractivity contribution is 7.98. The SMILES string of the molecule is CCOc1c(Cl)cc(SC)cc1Cl. The fraction of sp³-hybridized carbons (Fsp3) is 0.333. The molecule has 1 aromatic rings. The highest BCUT2D eigenvalue weighted by Crippen LogP contribution is 2.36. The number of benzene rings is 1. The van der Waals surface area contributed by atoms with Gasteiger partial charge in [0.25, 0.3) is 0 Å². The van der Waals surface area contributed by atoms with Gasteiger partial charge in [0.2, 0.25) is 0 Å². The summed E-state index contributed by atoms with van der Waals surface area (Å²) in [4.78, 5) is 1.04. The van der Waals surface area contributed by atoms with Crippen molar-refractivity contribution in [3.05, 3.63) is 22.2 Å². The molecule has 13 heavy (non-hydrogen) atoms. The van der Waals surface area contributed by atoms with Gasteiger partial charge in [-0.25, -0.2) is 0 Å². The largest absolute Gasteiger partial charge is 0.491 e. The molecule has 0 N–H and O–H groups in total. The van der Waals surface area contributed by atoms with E-state index in [-0.39, 0.29) is 0 Å². The molecule has 72 valence electrons. The van der Waals surface area contributed by atoms with Crippen LogP contribution in [-0.2, 0) is 0 Å². The molecule has 0 heterocycles. The second-order valence-corrected chi connectivity index (χ2v) is 4.05. The van der Waals surface area contributed by atoms with E-state index in [1.807, 2.05) is 25.3 Å². The Kier molecular flexibility index (Phi) is 4.23. The predicted molar refractivity (Wildman–Crippen MR) is 59.4 cm³/mol. The molecule has 0 radical (unpaired) electrons. The van der Waals surface area contributed by atoms with E-state index < -0.39 is 0 Å². The molecule has 1 nitrogen and oxygen atoms in total. The fourth-order valence-corrected chi connectivity index (χ4v) is 2.13. The van der Waals surface area contributed by atoms with Crippen molar-refractivity contribution in [1.82, 2.24) is 0 Å². The highest BCUT2D eigenvalue weighted by Gasteiger charge is 2.08. The Morgan fingerprint density at radius 2 is 1.85 bits per heavy atom. The van der Waals surface area contributed by atoms with E-state index in [9.17, 15) is 0 Å². The molecular weight excluding hydrogens is 227 g/mol. The van der Waals surface area contributed by atoms with Crippen LogP contribution in [0.25, 0.3) is 0 Å². The lowest BCUT2D eigenvalue weighted by atomic mass is 10.3. The minimum absolute atomic E-state index is 0.568. The summed E-state index contributed by atoms with van der Waals surface area (Å²) < 4.78 is 5.29. The van der Waals surface area contributed by atoms with Gasteiger partial charge in [0.15, 0.2) is 5.75 Å². The van der Waals surface area contributed by atoms with Gasteiger partial charge >= 0.3 is 0 Å². The lowest BCUT2D eigenvalue weighted by molar-refractivity contribution is 0.340. The summed E-state index contributed by atoms with van der Waals surface area (Å²) in [5.41, 5.74) is 0. The number of ether oxygens (including phenoxy) is 1. The lowest BCUT2D eigenvalue weighted by Gasteiger charge is -2.08. The van der Waals surface area contributed by atoms with E-state index in [0.29, 0.717) is 22.4 Å². The van der Waals surface area contributed by atoms with E-state index >= 15 is 0 Å². The Labute approximate surface area is 92.4 Å². The summed E-state index contributed by atoms with van der Waals surface area (Å²) in [6, 6.07) is 3.70. The molecule has 0 aliphatic heterocycles. The van der Waals surface area contributed by atoms with Crippen molar-refractivity contribution in [2.75, 3.05) is 12.9 Å². The van der Waals surface area contributed by atoms with Crippen molar-refractivity contribution in [2.24, 2.45) is 0 Å². The monoisotopic (exact) mass is 236 g/mol. The van der Waals surface area contributed by atoms with Crippen molar-refractivity contribution < 1.29 is 4.74 Å². The van der Waals surface area contributed by atoms with Gasteiger partial charge < -0.3 is 4.74 Å². The second-order valence-electron chi connectivity index (χ2n) is 2.35. The van der Waals surface area contributed by atoms with Gasteiger partial charge in [0, 0.05) is 4.90 Å². The minimum Gasteiger partial charge on any atom is -0.491 e. The molecule has 0 saturated heterocycles. The molecule has 1 aromatic carbocycles. The number of halogens is 2. The van der Waals surface area contributed by atoms with Gasteiger partial charge in [-0.15, -0.1) is 11.8 Å². The first-order valence-corrected chi connectivity index (χ1v) is 5.83. The van der Waals surface area contributed by atoms with Crippen LogP contribution in [-0.4, -0.2) is 12.9 Å². The van der Waals surface area contributed by atoms with Crippen LogP contribution in [0, 0.1) is 0 Å². The van der Waals surface area contributed by atoms with Gasteiger partial charge in [-0.2, -0.15) is 0 Å². The van der Waals surface area contributed by atoms with Crippen LogP contribution in [0.1, 0.15) is 6.92 Å². The fourth-order valence-electron chi connectivity index (χ4n) is 0.937. The molecule has 0 aliphatic carbocycles. The number of hydrogen-bond donors (Lipinski definition) is 0. The first-order valence-electron chi connectivity index (χ1n) is 3.84. The second kappa shape index (κ2) is 4.99. The summed E-state index contributed by atoms with van der Waals surface area (Å²) in [6.45, 7) is 2.47. The van der Waals surface area contributed by atoms with Gasteiger partial charge in [0.05, 0.1) is 16.7 Å². The Morgan fingerprint density at radius 1 is 1.31 bits per heavy atom. The minimum atomic E-state index is 0.568. The smallest absolute Gasteiger partial charge is 0.156 e. The van der Waals surface area contributed by atoms with Crippen LogP contribution in [0.2, 0.25) is 10.0 Å². The van der Waals surface area contributed by atoms with Crippen molar-refractivity contribution in [2.45, 2.75) is 11.8 Å². The maximum Gasteiger partial charge on any atom is 0.156 e. The molecule has 4 heteroatoms. The maximum atomic E-state index is 5.97. The quantitative estimate of drug-likeness (QED) is 0.731. The zero-order valence-corrected chi connectivity index (χ0v) is 9.76. The Balaban J connectivity index is 3.07. The zero-order chi connectivity index (χ0) is 9.84. The maximum absolute atomic E-state index is 5.97. The zero-order valence-electron chi connectivity index (χ0n) is 7.43. The number of thioether (sulfide) groups is 1. The molecule has 0 unspecified atom stereocenters. The topological polar surface area (TPSA) is 9.23 Å². The third-order valence-corrected chi connectivity index (χ3v) is 2.76. The Morgan fingerprint density at radius 3 is 2.23 bits per heavy atom. The molecule has 0 saturated carbocycles. The van der Waals surface area contributed by atoms with Crippen LogP contribution >= 0.6 is 35.0 Å². The van der Waals surface area contributed by atoms with Crippen LogP contribution in [0.15, 0.2) is 17.0 Å². The molecule has 0 amide bonds. The van der Waals surface area contributed by atoms with Gasteiger partial charge in [0.1, 0.15) is 0 Å². The molecule has 1 rings (SSSR count). The molecule has 0 spiro atoms. The van der Waals surface area contributed by atoms with E-state index in [4.69, 9.17) is 27.9 Å². The third-order valence-electron chi connectivity index (χ3n) is 1.50. The van der Waals surface area contributed by atoms with Crippen molar-refractivity contribution in [1.29, 1.82) is 0 Å². The molecule has 0 atom stereocenters. The van der Waals surface area contributed by atoms with E-state index in [2.05, 4.69) is 0 Å². The van der Waals surface area contributed by atoms with Gasteiger partial charge in [-0.05, 0) is 25.3 Å². The summed E-state index contributed by atoms with van der Waals surface area (Å²) in [5.74, 6) is 0.573. The molecule has 0 aliphatic rings. The highest BCUT2D eigenvalue weighted by atomic mass is 35.5. The Bertz CT molecular complexity index is 279. The molecule has 0 bridgehead atoms. The summed E-state index contributed by atoms with van der Waals surface area (Å²) in [5, 5.41) is 1.14. The number of hydrogen-bond acceptors (Lipinski definition) is 2. The lowest BCUT2D eigenvalue weighted by Crippen LogP contribution is -1.93. The van der Waals surface area contributed by atoms with Crippen LogP contribution < -0.4 is 4.74 Å². The van der Waals surface area contributed by atoms with E-state index in [1.165, 1.54) is 0 Å². The first-order chi connectivity index (χ1) is 6.19. The Hall–Kier alpha value is -0.0500. The van der Waals surface area contributed by atoms with E-state index in [1.54, 1.807) is 11.8 Å². The standard InChI is InChI=1S/C9H10Cl2OS/c1-3-12-9-7(10)4-6(13-2)5-8(9)11/h4-5H,3H2,1-2H3. The van der Waals surface area contributed by atoms with Gasteiger partial charge in [-0.3, -0.25) is 0 Å². The van der Waals surface area contributed by atoms with Gasteiger partial charge in [-0.1, -0.05) is 23.2 Å². The van der Waals surface area contributed by atoms with Crippen molar-refractivity contribution in [3.8, 4) is 5.75 Å². The van der Waals surface area contributed by atoms with Crippen LogP contribution in [0.4, 0.5) is 0 Å². The average Bonchev–Trinajstić information content (AvgIpc) is 2.11. The average molecular weight is 237 g/mol. The third kappa shape index (κ3) is 2.70. The predicted octanol–water partition coefficient (Wildman–Crippen LogP) is 4.11. The van der Waals surface area contributed by atoms with Crippen LogP contribution in [0.3, 0.4) is 0 Å².